The van der Waals surface area contributed by atoms with Crippen molar-refractivity contribution < 1.29 is 0 Å². The van der Waals surface area contributed by atoms with Crippen molar-refractivity contribution in [1.29, 1.82) is 0 Å². The highest BCUT2D eigenvalue weighted by Gasteiger charge is 2.44. The molecule has 0 fully saturated rings. The molecule has 3 rings (SSSR count). The fourth-order valence-corrected chi connectivity index (χ4v) is 7.23. The highest BCUT2D eigenvalue weighted by molar-refractivity contribution is 9.08. The van der Waals surface area contributed by atoms with E-state index < -0.39 is 7.26 Å². The molecule has 114 valence electrons. The summed E-state index contributed by atoms with van der Waals surface area (Å²) in [7, 11) is -1.75. The summed E-state index contributed by atoms with van der Waals surface area (Å²) >= 11 is 3.21. The Morgan fingerprint density at radius 1 is 0.652 bits per heavy atom. The molecule has 0 bridgehead atoms. The van der Waals surface area contributed by atoms with E-state index >= 15 is 0 Å². The minimum atomic E-state index is -1.75. The fraction of sp³-hybridized carbons (Fsp3) is 0.0500. The molecule has 3 heteroatoms. The van der Waals surface area contributed by atoms with E-state index in [1.807, 2.05) is 6.21 Å². The summed E-state index contributed by atoms with van der Waals surface area (Å²) in [6.45, 7) is 0. The van der Waals surface area contributed by atoms with Crippen molar-refractivity contribution in [3.8, 4) is 0 Å². The standard InChI is InChI=1S/C20H18BrNP/c21-22-16-17-23(18-10-4-1-5-11-18,19-12-6-2-7-13-19)20-14-8-3-9-15-20/h1-16H,17H2/q+1. The maximum atomic E-state index is 4.11. The molecule has 0 saturated heterocycles. The van der Waals surface area contributed by atoms with Crippen LogP contribution in [0.5, 0.6) is 0 Å². The molecule has 3 aromatic rings. The summed E-state index contributed by atoms with van der Waals surface area (Å²) in [6.07, 6.45) is 2.89. The Morgan fingerprint density at radius 3 is 1.30 bits per heavy atom. The molecule has 0 heterocycles. The molecule has 0 spiro atoms. The molecular formula is C20H18BrNP+. The van der Waals surface area contributed by atoms with Crippen LogP contribution in [0.15, 0.2) is 95.0 Å². The second kappa shape index (κ2) is 7.68. The molecule has 23 heavy (non-hydrogen) atoms. The number of benzene rings is 3. The molecular weight excluding hydrogens is 365 g/mol. The Balaban J connectivity index is 2.30. The molecule has 0 unspecified atom stereocenters. The van der Waals surface area contributed by atoms with Crippen LogP contribution in [0, 0.1) is 0 Å². The normalized spacial score (nSPS) is 11.7. The average molecular weight is 383 g/mol. The van der Waals surface area contributed by atoms with Crippen LogP contribution in [-0.2, 0) is 0 Å². The van der Waals surface area contributed by atoms with Gasteiger partial charge in [0.15, 0.2) is 0 Å². The van der Waals surface area contributed by atoms with Gasteiger partial charge in [0.05, 0.1) is 22.4 Å². The number of nitrogens with zero attached hydrogens (tertiary/aromatic N) is 1. The van der Waals surface area contributed by atoms with Gasteiger partial charge >= 0.3 is 0 Å². The average Bonchev–Trinajstić information content (AvgIpc) is 2.65. The molecule has 0 aliphatic carbocycles. The van der Waals surface area contributed by atoms with E-state index in [-0.39, 0.29) is 0 Å². The lowest BCUT2D eigenvalue weighted by atomic mass is 10.4. The first-order chi connectivity index (χ1) is 11.4. The largest absolute Gasteiger partial charge is 0.216 e. The van der Waals surface area contributed by atoms with Gasteiger partial charge in [-0.3, -0.25) is 0 Å². The van der Waals surface area contributed by atoms with Crippen LogP contribution < -0.4 is 15.9 Å². The zero-order chi connectivity index (χ0) is 16.0. The van der Waals surface area contributed by atoms with E-state index in [0.717, 1.165) is 6.16 Å². The first-order valence-corrected chi connectivity index (χ1v) is 10.2. The van der Waals surface area contributed by atoms with Gasteiger partial charge in [0.25, 0.3) is 0 Å². The molecule has 0 saturated carbocycles. The lowest BCUT2D eigenvalue weighted by Gasteiger charge is -2.26. The predicted molar refractivity (Wildman–Crippen MR) is 107 cm³/mol. The van der Waals surface area contributed by atoms with E-state index in [1.54, 1.807) is 0 Å². The third-order valence-electron chi connectivity index (χ3n) is 4.02. The molecule has 0 aromatic heterocycles. The van der Waals surface area contributed by atoms with Gasteiger partial charge in [0.2, 0.25) is 0 Å². The van der Waals surface area contributed by atoms with Gasteiger partial charge in [-0.05, 0) is 36.4 Å². The highest BCUT2D eigenvalue weighted by Crippen LogP contribution is 2.54. The minimum absolute atomic E-state index is 0.899. The van der Waals surface area contributed by atoms with Gasteiger partial charge in [0, 0.05) is 0 Å². The fourth-order valence-electron chi connectivity index (χ4n) is 2.96. The van der Waals surface area contributed by atoms with Gasteiger partial charge < -0.3 is 0 Å². The zero-order valence-corrected chi connectivity index (χ0v) is 15.2. The second-order valence-corrected chi connectivity index (χ2v) is 9.22. The van der Waals surface area contributed by atoms with Crippen molar-refractivity contribution in [3.63, 3.8) is 0 Å². The lowest BCUT2D eigenvalue weighted by Crippen LogP contribution is -2.33. The van der Waals surface area contributed by atoms with Gasteiger partial charge in [-0.2, -0.15) is 0 Å². The minimum Gasteiger partial charge on any atom is -0.216 e. The molecule has 0 N–H and O–H groups in total. The third kappa shape index (κ3) is 3.29. The van der Waals surface area contributed by atoms with Crippen molar-refractivity contribution in [1.82, 2.24) is 0 Å². The Morgan fingerprint density at radius 2 is 1.00 bits per heavy atom. The first kappa shape index (κ1) is 16.1. The maximum Gasteiger partial charge on any atom is 0.117 e. The van der Waals surface area contributed by atoms with Crippen LogP contribution in [0.4, 0.5) is 0 Å². The SMILES string of the molecule is BrN=CC[P+](c1ccccc1)(c1ccccc1)c1ccccc1. The van der Waals surface area contributed by atoms with E-state index in [9.17, 15) is 0 Å². The Labute approximate surface area is 146 Å². The van der Waals surface area contributed by atoms with Crippen LogP contribution in [0.1, 0.15) is 0 Å². The number of hydrogen-bond donors (Lipinski definition) is 0. The van der Waals surface area contributed by atoms with E-state index in [4.69, 9.17) is 0 Å². The molecule has 3 aromatic carbocycles. The van der Waals surface area contributed by atoms with Crippen LogP contribution in [0.25, 0.3) is 0 Å². The molecule has 1 nitrogen and oxygen atoms in total. The maximum absolute atomic E-state index is 4.11. The molecule has 0 atom stereocenters. The highest BCUT2D eigenvalue weighted by atomic mass is 79.9. The summed E-state index contributed by atoms with van der Waals surface area (Å²) in [5, 5.41) is 4.14. The zero-order valence-electron chi connectivity index (χ0n) is 12.7. The van der Waals surface area contributed by atoms with Crippen molar-refractivity contribution in [3.05, 3.63) is 91.0 Å². The summed E-state index contributed by atoms with van der Waals surface area (Å²) in [5.41, 5.74) is 0. The van der Waals surface area contributed by atoms with E-state index in [0.29, 0.717) is 0 Å². The van der Waals surface area contributed by atoms with Gasteiger partial charge in [-0.1, -0.05) is 54.6 Å². The Bertz CT molecular complexity index is 661. The van der Waals surface area contributed by atoms with Gasteiger partial charge in [-0.15, -0.1) is 0 Å². The van der Waals surface area contributed by atoms with Crippen LogP contribution in [0.3, 0.4) is 0 Å². The van der Waals surface area contributed by atoms with E-state index in [2.05, 4.69) is 111 Å². The van der Waals surface area contributed by atoms with Crippen LogP contribution in [-0.4, -0.2) is 12.4 Å². The van der Waals surface area contributed by atoms with E-state index in [1.165, 1.54) is 15.9 Å². The Kier molecular flexibility index (Phi) is 5.38. The summed E-state index contributed by atoms with van der Waals surface area (Å²) in [4.78, 5) is 0. The predicted octanol–water partition coefficient (Wildman–Crippen LogP) is 4.36. The monoisotopic (exact) mass is 382 g/mol. The molecule has 0 aliphatic rings. The van der Waals surface area contributed by atoms with Crippen molar-refractivity contribution in [2.45, 2.75) is 0 Å². The van der Waals surface area contributed by atoms with Crippen LogP contribution in [0.2, 0.25) is 0 Å². The Hall–Kier alpha value is -1.76. The summed E-state index contributed by atoms with van der Waals surface area (Å²) in [6, 6.07) is 32.5. The van der Waals surface area contributed by atoms with Crippen molar-refractivity contribution in [2.75, 3.05) is 6.16 Å². The molecule has 0 amide bonds. The van der Waals surface area contributed by atoms with Gasteiger partial charge in [-0.25, -0.2) is 4.02 Å². The molecule has 0 radical (unpaired) electrons. The lowest BCUT2D eigenvalue weighted by molar-refractivity contribution is 1.70. The second-order valence-electron chi connectivity index (χ2n) is 5.28. The third-order valence-corrected chi connectivity index (χ3v) is 8.56. The van der Waals surface area contributed by atoms with Crippen LogP contribution >= 0.6 is 23.4 Å². The van der Waals surface area contributed by atoms with Crippen molar-refractivity contribution >= 4 is 45.5 Å². The number of hydrogen-bond acceptors (Lipinski definition) is 1. The number of rotatable bonds is 5. The summed E-state index contributed by atoms with van der Waals surface area (Å²) in [5.74, 6) is 0. The topological polar surface area (TPSA) is 12.4 Å². The number of halogens is 1. The smallest absolute Gasteiger partial charge is 0.117 e. The summed E-state index contributed by atoms with van der Waals surface area (Å²) < 4.78 is 4.11. The molecule has 0 aliphatic heterocycles. The van der Waals surface area contributed by atoms with Crippen molar-refractivity contribution in [2.24, 2.45) is 4.02 Å². The quantitative estimate of drug-likeness (QED) is 0.459. The van der Waals surface area contributed by atoms with Gasteiger partial charge in [0.1, 0.15) is 29.3 Å². The first-order valence-electron chi connectivity index (χ1n) is 7.55.